The minimum absolute atomic E-state index is 0.0674. The van der Waals surface area contributed by atoms with Gasteiger partial charge in [0.25, 0.3) is 0 Å². The number of nitrogens with one attached hydrogen (secondary N) is 2. The Bertz CT molecular complexity index is 456. The van der Waals surface area contributed by atoms with Crippen molar-refractivity contribution in [2.75, 3.05) is 13.1 Å². The minimum Gasteiger partial charge on any atom is -0.316 e. The van der Waals surface area contributed by atoms with Crippen LogP contribution in [0.1, 0.15) is 53.9 Å². The van der Waals surface area contributed by atoms with E-state index in [1.807, 2.05) is 6.92 Å². The van der Waals surface area contributed by atoms with Gasteiger partial charge in [0, 0.05) is 12.6 Å². The number of sulfonamides is 1. The van der Waals surface area contributed by atoms with Gasteiger partial charge in [0.1, 0.15) is 0 Å². The van der Waals surface area contributed by atoms with Crippen molar-refractivity contribution in [1.82, 2.24) is 10.0 Å². The van der Waals surface area contributed by atoms with Crippen LogP contribution < -0.4 is 10.0 Å². The second kappa shape index (κ2) is 5.25. The third-order valence-electron chi connectivity index (χ3n) is 5.76. The number of rotatable bonds is 6. The van der Waals surface area contributed by atoms with Gasteiger partial charge in [-0.3, -0.25) is 0 Å². The molecule has 4 atom stereocenters. The highest BCUT2D eigenvalue weighted by Crippen LogP contribution is 2.62. The molecule has 0 aromatic heterocycles. The maximum absolute atomic E-state index is 12.5. The molecule has 0 spiro atoms. The van der Waals surface area contributed by atoms with Crippen molar-refractivity contribution in [3.63, 3.8) is 0 Å². The molecular formula is C15H30N2O2S. The average molecular weight is 302 g/mol. The average Bonchev–Trinajstić information content (AvgIpc) is 2.83. The van der Waals surface area contributed by atoms with E-state index >= 15 is 0 Å². The highest BCUT2D eigenvalue weighted by molar-refractivity contribution is 7.90. The summed E-state index contributed by atoms with van der Waals surface area (Å²) in [5.41, 5.74) is 0.205. The number of fused-ring (bicyclic) bond motifs is 2. The standard InChI is InChI=1S/C15H30N2O2S/c1-6-16-10-11(2)20(18,19)17-13-14(3,4)12-7-8-15(13,5)9-12/h11-13,16-17H,6-10H2,1-5H3. The van der Waals surface area contributed by atoms with Gasteiger partial charge in [-0.1, -0.05) is 27.7 Å². The molecule has 4 nitrogen and oxygen atoms in total. The predicted octanol–water partition coefficient (Wildman–Crippen LogP) is 2.12. The van der Waals surface area contributed by atoms with Crippen LogP contribution in [0.15, 0.2) is 0 Å². The van der Waals surface area contributed by atoms with Crippen LogP contribution in [0.3, 0.4) is 0 Å². The molecule has 2 N–H and O–H groups in total. The monoisotopic (exact) mass is 302 g/mol. The third-order valence-corrected chi connectivity index (χ3v) is 7.55. The van der Waals surface area contributed by atoms with E-state index in [4.69, 9.17) is 0 Å². The summed E-state index contributed by atoms with van der Waals surface area (Å²) in [7, 11) is -3.26. The molecule has 0 aromatic rings. The van der Waals surface area contributed by atoms with Crippen molar-refractivity contribution in [2.24, 2.45) is 16.7 Å². The number of hydrogen-bond acceptors (Lipinski definition) is 3. The van der Waals surface area contributed by atoms with Gasteiger partial charge in [-0.15, -0.1) is 0 Å². The predicted molar refractivity (Wildman–Crippen MR) is 83.1 cm³/mol. The van der Waals surface area contributed by atoms with Crippen LogP contribution in [0.5, 0.6) is 0 Å². The van der Waals surface area contributed by atoms with Gasteiger partial charge in [0.2, 0.25) is 10.0 Å². The summed E-state index contributed by atoms with van der Waals surface area (Å²) in [5.74, 6) is 0.657. The summed E-state index contributed by atoms with van der Waals surface area (Å²) in [4.78, 5) is 0. The fourth-order valence-electron chi connectivity index (χ4n) is 4.33. The van der Waals surface area contributed by atoms with Crippen molar-refractivity contribution in [3.05, 3.63) is 0 Å². The van der Waals surface area contributed by atoms with E-state index in [0.29, 0.717) is 12.5 Å². The summed E-state index contributed by atoms with van der Waals surface area (Å²) < 4.78 is 28.2. The maximum Gasteiger partial charge on any atom is 0.215 e. The van der Waals surface area contributed by atoms with Gasteiger partial charge in [-0.05, 0) is 49.5 Å². The second-order valence-corrected chi connectivity index (χ2v) is 9.76. The van der Waals surface area contributed by atoms with Crippen LogP contribution in [-0.2, 0) is 10.0 Å². The first-order valence-electron chi connectivity index (χ1n) is 7.85. The van der Waals surface area contributed by atoms with Crippen LogP contribution in [0, 0.1) is 16.7 Å². The zero-order chi connectivity index (χ0) is 15.2. The highest BCUT2D eigenvalue weighted by Gasteiger charge is 2.60. The van der Waals surface area contributed by atoms with E-state index in [2.05, 4.69) is 30.8 Å². The topological polar surface area (TPSA) is 58.2 Å². The molecule has 0 heterocycles. The second-order valence-electron chi connectivity index (χ2n) is 7.63. The SMILES string of the molecule is CCNCC(C)S(=O)(=O)NC1C2(C)CCC(C2)C1(C)C. The lowest BCUT2D eigenvalue weighted by atomic mass is 9.69. The Morgan fingerprint density at radius 1 is 1.30 bits per heavy atom. The molecule has 5 heteroatoms. The van der Waals surface area contributed by atoms with Gasteiger partial charge in [-0.2, -0.15) is 0 Å². The molecule has 2 aliphatic carbocycles. The van der Waals surface area contributed by atoms with E-state index < -0.39 is 10.0 Å². The van der Waals surface area contributed by atoms with Crippen molar-refractivity contribution in [3.8, 4) is 0 Å². The van der Waals surface area contributed by atoms with Crippen molar-refractivity contribution < 1.29 is 8.42 Å². The molecule has 2 aliphatic rings. The Morgan fingerprint density at radius 3 is 2.45 bits per heavy atom. The molecule has 2 saturated carbocycles. The fourth-order valence-corrected chi connectivity index (χ4v) is 5.82. The zero-order valence-corrected chi connectivity index (χ0v) is 14.3. The van der Waals surface area contributed by atoms with Crippen LogP contribution in [0.2, 0.25) is 0 Å². The summed E-state index contributed by atoms with van der Waals surface area (Å²) in [6, 6.07) is 0.0721. The summed E-state index contributed by atoms with van der Waals surface area (Å²) in [6.07, 6.45) is 3.55. The van der Waals surface area contributed by atoms with Gasteiger partial charge in [-0.25, -0.2) is 13.1 Å². The number of hydrogen-bond donors (Lipinski definition) is 2. The van der Waals surface area contributed by atoms with Crippen LogP contribution in [0.4, 0.5) is 0 Å². The lowest BCUT2D eigenvalue weighted by Gasteiger charge is -2.43. The first-order chi connectivity index (χ1) is 9.13. The summed E-state index contributed by atoms with van der Waals surface area (Å²) >= 11 is 0. The third kappa shape index (κ3) is 2.64. The minimum atomic E-state index is -3.26. The Labute approximate surface area is 124 Å². The largest absolute Gasteiger partial charge is 0.316 e. The van der Waals surface area contributed by atoms with Crippen molar-refractivity contribution in [2.45, 2.75) is 65.2 Å². The summed E-state index contributed by atoms with van der Waals surface area (Å²) in [5, 5.41) is 2.74. The van der Waals surface area contributed by atoms with Crippen molar-refractivity contribution in [1.29, 1.82) is 0 Å². The van der Waals surface area contributed by atoms with Crippen LogP contribution >= 0.6 is 0 Å². The van der Waals surface area contributed by atoms with Crippen LogP contribution in [0.25, 0.3) is 0 Å². The Hall–Kier alpha value is -0.130. The van der Waals surface area contributed by atoms with E-state index in [0.717, 1.165) is 19.4 Å². The highest BCUT2D eigenvalue weighted by atomic mass is 32.2. The maximum atomic E-state index is 12.5. The molecule has 2 fully saturated rings. The molecule has 0 aromatic carbocycles. The van der Waals surface area contributed by atoms with E-state index in [1.165, 1.54) is 6.42 Å². The van der Waals surface area contributed by atoms with E-state index in [1.54, 1.807) is 6.92 Å². The quantitative estimate of drug-likeness (QED) is 0.790. The molecule has 2 rings (SSSR count). The van der Waals surface area contributed by atoms with Gasteiger partial charge in [0.05, 0.1) is 5.25 Å². The van der Waals surface area contributed by atoms with E-state index in [9.17, 15) is 8.42 Å². The molecular weight excluding hydrogens is 272 g/mol. The lowest BCUT2D eigenvalue weighted by molar-refractivity contribution is 0.127. The normalized spacial score (nSPS) is 37.2. The van der Waals surface area contributed by atoms with Crippen LogP contribution in [-0.4, -0.2) is 32.8 Å². The Kier molecular flexibility index (Phi) is 4.27. The molecule has 0 radical (unpaired) electrons. The molecule has 0 saturated heterocycles. The molecule has 20 heavy (non-hydrogen) atoms. The molecule has 0 aliphatic heterocycles. The Morgan fingerprint density at radius 2 is 1.95 bits per heavy atom. The molecule has 4 unspecified atom stereocenters. The smallest absolute Gasteiger partial charge is 0.215 e. The Balaban J connectivity index is 2.13. The zero-order valence-electron chi connectivity index (χ0n) is 13.5. The summed E-state index contributed by atoms with van der Waals surface area (Å²) in [6.45, 7) is 11.8. The van der Waals surface area contributed by atoms with Gasteiger partial charge >= 0.3 is 0 Å². The lowest BCUT2D eigenvalue weighted by Crippen LogP contribution is -2.54. The van der Waals surface area contributed by atoms with Gasteiger partial charge in [0.15, 0.2) is 0 Å². The van der Waals surface area contributed by atoms with Crippen molar-refractivity contribution >= 4 is 10.0 Å². The first-order valence-corrected chi connectivity index (χ1v) is 9.40. The molecule has 0 amide bonds. The van der Waals surface area contributed by atoms with E-state index in [-0.39, 0.29) is 22.1 Å². The molecule has 118 valence electrons. The van der Waals surface area contributed by atoms with Gasteiger partial charge < -0.3 is 5.32 Å². The first kappa shape index (κ1) is 16.2. The molecule has 2 bridgehead atoms. The fraction of sp³-hybridized carbons (Fsp3) is 1.00.